The fourth-order valence-corrected chi connectivity index (χ4v) is 7.51. The summed E-state index contributed by atoms with van der Waals surface area (Å²) in [5, 5.41) is 11.4. The number of benzene rings is 6. The van der Waals surface area contributed by atoms with E-state index in [0.717, 1.165) is 33.6 Å². The van der Waals surface area contributed by atoms with Gasteiger partial charge in [0, 0.05) is 16.7 Å². The number of phenolic OH excluding ortho intramolecular Hbond substituents is 1. The van der Waals surface area contributed by atoms with Crippen LogP contribution < -0.4 is 4.57 Å². The smallest absolute Gasteiger partial charge is 0.295 e. The minimum Gasteiger partial charge on any atom is -0.507 e. The lowest BCUT2D eigenvalue weighted by atomic mass is 9.89. The molecule has 1 N–H and O–H groups in total. The Morgan fingerprint density at radius 1 is 0.571 bits per heavy atom. The molecule has 0 aliphatic heterocycles. The summed E-state index contributed by atoms with van der Waals surface area (Å²) in [6.07, 6.45) is 0. The predicted octanol–water partition coefficient (Wildman–Crippen LogP) is 11.7. The normalized spacial score (nSPS) is 11.6. The maximum atomic E-state index is 11.4. The summed E-state index contributed by atoms with van der Waals surface area (Å²) in [7, 11) is 2.19. The van der Waals surface area contributed by atoms with Crippen LogP contribution in [0.5, 0.6) is 5.75 Å². The molecule has 1 heterocycles. The number of para-hydroxylation sites is 3. The molecule has 6 aromatic carbocycles. The molecule has 0 atom stereocenters. The second kappa shape index (κ2) is 12.9. The second-order valence-corrected chi connectivity index (χ2v) is 13.9. The zero-order valence-electron chi connectivity index (χ0n) is 29.6. The molecular weight excluding hydrogens is 597 g/mol. The number of nitrogens with zero attached hydrogens (tertiary/aromatic N) is 2. The molecule has 0 saturated carbocycles. The first-order chi connectivity index (χ1) is 23.7. The standard InChI is InChI=1S/C46H44N2O/c1-29(2)37-19-14-20-38(30(3)4)45(37)48-42-22-12-11-21-41(42)47(7)46(48)44-31(5)23-25-39(32(44)6)40-28-36(24-26-43(40)49)35-18-13-17-34(27-35)33-15-9-8-10-16-33/h8-30H,1-7H3/p+1. The molecule has 0 fully saturated rings. The molecule has 0 radical (unpaired) electrons. The maximum Gasteiger partial charge on any atom is 0.295 e. The number of rotatable bonds is 7. The number of hydrogen-bond acceptors (Lipinski definition) is 1. The Hall–Kier alpha value is -5.41. The van der Waals surface area contributed by atoms with E-state index in [0.29, 0.717) is 11.8 Å². The highest BCUT2D eigenvalue weighted by Crippen LogP contribution is 2.42. The molecule has 0 bridgehead atoms. The topological polar surface area (TPSA) is 29.0 Å². The van der Waals surface area contributed by atoms with Gasteiger partial charge >= 0.3 is 0 Å². The average Bonchev–Trinajstić information content (AvgIpc) is 3.40. The molecule has 3 heteroatoms. The maximum absolute atomic E-state index is 11.4. The van der Waals surface area contributed by atoms with E-state index in [-0.39, 0.29) is 5.75 Å². The van der Waals surface area contributed by atoms with Crippen molar-refractivity contribution in [2.45, 2.75) is 53.4 Å². The van der Waals surface area contributed by atoms with Crippen LogP contribution in [0.15, 0.2) is 127 Å². The molecule has 0 unspecified atom stereocenters. The van der Waals surface area contributed by atoms with E-state index in [4.69, 9.17) is 0 Å². The van der Waals surface area contributed by atoms with E-state index in [1.165, 1.54) is 50.1 Å². The van der Waals surface area contributed by atoms with Crippen molar-refractivity contribution in [3.05, 3.63) is 150 Å². The first-order valence-electron chi connectivity index (χ1n) is 17.4. The van der Waals surface area contributed by atoms with Crippen LogP contribution >= 0.6 is 0 Å². The van der Waals surface area contributed by atoms with E-state index >= 15 is 0 Å². The lowest BCUT2D eigenvalue weighted by Gasteiger charge is -2.20. The molecule has 7 aromatic rings. The van der Waals surface area contributed by atoms with E-state index in [2.05, 4.69) is 167 Å². The Balaban J connectivity index is 1.47. The van der Waals surface area contributed by atoms with Crippen LogP contribution in [0.3, 0.4) is 0 Å². The number of imidazole rings is 1. The Morgan fingerprint density at radius 3 is 1.86 bits per heavy atom. The second-order valence-electron chi connectivity index (χ2n) is 13.9. The Bertz CT molecular complexity index is 2300. The van der Waals surface area contributed by atoms with Gasteiger partial charge in [-0.2, -0.15) is 4.57 Å². The van der Waals surface area contributed by atoms with E-state index in [1.54, 1.807) is 0 Å². The molecule has 49 heavy (non-hydrogen) atoms. The Kier molecular flexibility index (Phi) is 8.46. The van der Waals surface area contributed by atoms with Gasteiger partial charge in [0.1, 0.15) is 11.4 Å². The number of phenols is 1. The summed E-state index contributed by atoms with van der Waals surface area (Å²) in [5.74, 6) is 2.11. The third-order valence-electron chi connectivity index (χ3n) is 10.1. The van der Waals surface area contributed by atoms with Crippen LogP contribution in [0.2, 0.25) is 0 Å². The third kappa shape index (κ3) is 5.64. The van der Waals surface area contributed by atoms with E-state index < -0.39 is 0 Å². The molecule has 0 aliphatic rings. The zero-order valence-corrected chi connectivity index (χ0v) is 29.6. The van der Waals surface area contributed by atoms with Gasteiger partial charge in [0.2, 0.25) is 0 Å². The third-order valence-corrected chi connectivity index (χ3v) is 10.1. The lowest BCUT2D eigenvalue weighted by Crippen LogP contribution is -2.31. The van der Waals surface area contributed by atoms with Gasteiger partial charge in [0.15, 0.2) is 11.0 Å². The average molecular weight is 642 g/mol. The lowest BCUT2D eigenvalue weighted by molar-refractivity contribution is -0.633. The summed E-state index contributed by atoms with van der Waals surface area (Å²) < 4.78 is 4.85. The van der Waals surface area contributed by atoms with Crippen molar-refractivity contribution in [2.75, 3.05) is 0 Å². The molecule has 0 amide bonds. The molecule has 0 spiro atoms. The van der Waals surface area contributed by atoms with Crippen molar-refractivity contribution in [1.82, 2.24) is 4.57 Å². The summed E-state index contributed by atoms with van der Waals surface area (Å²) in [4.78, 5) is 0. The highest BCUT2D eigenvalue weighted by atomic mass is 16.3. The predicted molar refractivity (Wildman–Crippen MR) is 206 cm³/mol. The first kappa shape index (κ1) is 32.2. The summed E-state index contributed by atoms with van der Waals surface area (Å²) in [6.45, 7) is 13.6. The summed E-state index contributed by atoms with van der Waals surface area (Å²) in [5.41, 5.74) is 16.2. The van der Waals surface area contributed by atoms with Gasteiger partial charge in [-0.3, -0.25) is 0 Å². The van der Waals surface area contributed by atoms with Crippen LogP contribution in [0.1, 0.15) is 61.8 Å². The molecule has 7 rings (SSSR count). The molecular formula is C46H45N2O+. The Labute approximate surface area is 290 Å². The van der Waals surface area contributed by atoms with Crippen LogP contribution in [-0.2, 0) is 7.05 Å². The van der Waals surface area contributed by atoms with E-state index in [9.17, 15) is 5.11 Å². The van der Waals surface area contributed by atoms with Crippen LogP contribution in [-0.4, -0.2) is 9.67 Å². The van der Waals surface area contributed by atoms with Gasteiger partial charge in [-0.15, -0.1) is 0 Å². The molecule has 0 aliphatic carbocycles. The minimum absolute atomic E-state index is 0.276. The van der Waals surface area contributed by atoms with Crippen molar-refractivity contribution in [1.29, 1.82) is 0 Å². The van der Waals surface area contributed by atoms with Gasteiger partial charge in [-0.25, -0.2) is 4.57 Å². The van der Waals surface area contributed by atoms with Gasteiger partial charge < -0.3 is 5.11 Å². The molecule has 244 valence electrons. The van der Waals surface area contributed by atoms with Crippen molar-refractivity contribution in [3.63, 3.8) is 0 Å². The SMILES string of the molecule is Cc1ccc(-c2cc(-c3cccc(-c4ccccc4)c3)ccc2O)c(C)c1-c1n(-c2c(C(C)C)cccc2C(C)C)c2ccccc2[n+]1C. The van der Waals surface area contributed by atoms with Gasteiger partial charge in [-0.1, -0.05) is 125 Å². The van der Waals surface area contributed by atoms with Gasteiger partial charge in [-0.05, 0) is 95.0 Å². The molecule has 1 aromatic heterocycles. The van der Waals surface area contributed by atoms with Crippen molar-refractivity contribution < 1.29 is 9.67 Å². The van der Waals surface area contributed by atoms with Crippen LogP contribution in [0.4, 0.5) is 0 Å². The number of aromatic nitrogens is 2. The Morgan fingerprint density at radius 2 is 1.16 bits per heavy atom. The van der Waals surface area contributed by atoms with Gasteiger partial charge in [0.05, 0.1) is 12.6 Å². The highest BCUT2D eigenvalue weighted by molar-refractivity contribution is 5.87. The highest BCUT2D eigenvalue weighted by Gasteiger charge is 2.32. The molecule has 3 nitrogen and oxygen atoms in total. The monoisotopic (exact) mass is 641 g/mol. The fraction of sp³-hybridized carbons (Fsp3) is 0.196. The number of aryl methyl sites for hydroxylation is 2. The van der Waals surface area contributed by atoms with Crippen molar-refractivity contribution in [2.24, 2.45) is 7.05 Å². The quantitative estimate of drug-likeness (QED) is 0.172. The zero-order chi connectivity index (χ0) is 34.4. The summed E-state index contributed by atoms with van der Waals surface area (Å²) >= 11 is 0. The largest absolute Gasteiger partial charge is 0.507 e. The first-order valence-corrected chi connectivity index (χ1v) is 17.4. The summed E-state index contributed by atoms with van der Waals surface area (Å²) in [6, 6.07) is 45.0. The van der Waals surface area contributed by atoms with Gasteiger partial charge in [0.25, 0.3) is 5.82 Å². The fourth-order valence-electron chi connectivity index (χ4n) is 7.51. The van der Waals surface area contributed by atoms with Crippen LogP contribution in [0, 0.1) is 13.8 Å². The van der Waals surface area contributed by atoms with E-state index in [1.807, 2.05) is 18.2 Å². The minimum atomic E-state index is 0.276. The van der Waals surface area contributed by atoms with Crippen molar-refractivity contribution in [3.8, 4) is 56.2 Å². The van der Waals surface area contributed by atoms with Crippen LogP contribution in [0.25, 0.3) is 61.5 Å². The number of aromatic hydroxyl groups is 1. The number of hydrogen-bond donors (Lipinski definition) is 1. The number of fused-ring (bicyclic) bond motifs is 1. The van der Waals surface area contributed by atoms with Crippen molar-refractivity contribution >= 4 is 11.0 Å². The molecule has 0 saturated heterocycles.